The monoisotopic (exact) mass is 282 g/mol. The van der Waals surface area contributed by atoms with E-state index < -0.39 is 5.97 Å². The number of halogens is 1. The fraction of sp³-hybridized carbons (Fsp3) is 0.385. The molecule has 0 atom stereocenters. The number of nitrogens with one attached hydrogen (secondary N) is 1. The largest absolute Gasteiger partial charge is 0.478 e. The number of benzene rings is 1. The van der Waals surface area contributed by atoms with Crippen LogP contribution in [-0.2, 0) is 4.79 Å². The Balaban J connectivity index is 2.12. The molecule has 1 saturated carbocycles. The molecule has 2 N–H and O–H groups in total. The molecule has 0 radical (unpaired) electrons. The van der Waals surface area contributed by atoms with Gasteiger partial charge in [-0.1, -0.05) is 11.6 Å². The number of aromatic carboxylic acids is 1. The summed E-state index contributed by atoms with van der Waals surface area (Å²) in [7, 11) is 1.67. The Hall–Kier alpha value is -1.75. The lowest BCUT2D eigenvalue weighted by molar-refractivity contribution is -0.119. The van der Waals surface area contributed by atoms with E-state index in [-0.39, 0.29) is 18.0 Å². The number of carbonyl (C=O) groups excluding carboxylic acids is 1. The predicted octanol–water partition coefficient (Wildman–Crippen LogP) is 1.75. The Morgan fingerprint density at radius 2 is 2.16 bits per heavy atom. The fourth-order valence-corrected chi connectivity index (χ4v) is 1.97. The van der Waals surface area contributed by atoms with E-state index in [4.69, 9.17) is 16.7 Å². The molecule has 19 heavy (non-hydrogen) atoms. The van der Waals surface area contributed by atoms with E-state index in [9.17, 15) is 9.59 Å². The van der Waals surface area contributed by atoms with Crippen molar-refractivity contribution in [1.82, 2.24) is 5.32 Å². The van der Waals surface area contributed by atoms with Gasteiger partial charge in [-0.05, 0) is 31.0 Å². The average Bonchev–Trinajstić information content (AvgIpc) is 3.12. The summed E-state index contributed by atoms with van der Waals surface area (Å²) in [6.07, 6.45) is 2.04. The van der Waals surface area contributed by atoms with E-state index in [2.05, 4.69) is 5.32 Å². The molecule has 0 saturated heterocycles. The molecule has 1 fully saturated rings. The molecule has 0 aromatic heterocycles. The number of anilines is 1. The number of hydrogen-bond acceptors (Lipinski definition) is 3. The lowest BCUT2D eigenvalue weighted by Crippen LogP contribution is -2.36. The molecule has 5 nitrogen and oxygen atoms in total. The number of carbonyl (C=O) groups is 2. The predicted molar refractivity (Wildman–Crippen MR) is 72.8 cm³/mol. The summed E-state index contributed by atoms with van der Waals surface area (Å²) in [5.41, 5.74) is 0.567. The van der Waals surface area contributed by atoms with Crippen LogP contribution in [0.15, 0.2) is 18.2 Å². The van der Waals surface area contributed by atoms with Gasteiger partial charge in [-0.2, -0.15) is 0 Å². The topological polar surface area (TPSA) is 69.6 Å². The third-order valence-corrected chi connectivity index (χ3v) is 3.16. The molecule has 1 aliphatic carbocycles. The normalized spacial score (nSPS) is 14.0. The summed E-state index contributed by atoms with van der Waals surface area (Å²) in [4.78, 5) is 24.4. The van der Waals surface area contributed by atoms with Crippen molar-refractivity contribution < 1.29 is 14.7 Å². The van der Waals surface area contributed by atoms with Crippen molar-refractivity contribution in [3.8, 4) is 0 Å². The van der Waals surface area contributed by atoms with E-state index >= 15 is 0 Å². The highest BCUT2D eigenvalue weighted by Crippen LogP contribution is 2.24. The minimum Gasteiger partial charge on any atom is -0.478 e. The zero-order valence-corrected chi connectivity index (χ0v) is 11.3. The number of carboxylic acid groups (broad SMARTS) is 1. The van der Waals surface area contributed by atoms with Crippen LogP contribution in [0.4, 0.5) is 5.69 Å². The van der Waals surface area contributed by atoms with Crippen LogP contribution in [0.2, 0.25) is 5.02 Å². The van der Waals surface area contributed by atoms with Crippen LogP contribution in [0.25, 0.3) is 0 Å². The van der Waals surface area contributed by atoms with Crippen LogP contribution < -0.4 is 10.2 Å². The lowest BCUT2D eigenvalue weighted by atomic mass is 10.1. The van der Waals surface area contributed by atoms with Crippen LogP contribution in [0.1, 0.15) is 23.2 Å². The minimum absolute atomic E-state index is 0.108. The standard InChI is InChI=1S/C13H15ClN2O3/c1-16(7-12(17)15-9-3-4-9)11-6-8(14)2-5-10(11)13(18)19/h2,5-6,9H,3-4,7H2,1H3,(H,15,17)(H,18,19). The highest BCUT2D eigenvalue weighted by atomic mass is 35.5. The Labute approximate surface area is 116 Å². The van der Waals surface area contributed by atoms with Crippen LogP contribution in [-0.4, -0.2) is 36.6 Å². The van der Waals surface area contributed by atoms with Crippen LogP contribution in [0.5, 0.6) is 0 Å². The maximum Gasteiger partial charge on any atom is 0.337 e. The SMILES string of the molecule is CN(CC(=O)NC1CC1)c1cc(Cl)ccc1C(=O)O. The summed E-state index contributed by atoms with van der Waals surface area (Å²) in [5, 5.41) is 12.4. The van der Waals surface area contributed by atoms with E-state index in [1.165, 1.54) is 12.1 Å². The summed E-state index contributed by atoms with van der Waals surface area (Å²) in [5.74, 6) is -1.15. The smallest absolute Gasteiger partial charge is 0.337 e. The van der Waals surface area contributed by atoms with Gasteiger partial charge in [-0.15, -0.1) is 0 Å². The molecule has 0 unspecified atom stereocenters. The van der Waals surface area contributed by atoms with Crippen molar-refractivity contribution in [2.45, 2.75) is 18.9 Å². The lowest BCUT2D eigenvalue weighted by Gasteiger charge is -2.21. The number of nitrogens with zero attached hydrogens (tertiary/aromatic N) is 1. The zero-order chi connectivity index (χ0) is 14.0. The Bertz CT molecular complexity index is 515. The van der Waals surface area contributed by atoms with Crippen molar-refractivity contribution in [2.24, 2.45) is 0 Å². The van der Waals surface area contributed by atoms with Gasteiger partial charge >= 0.3 is 5.97 Å². The van der Waals surface area contributed by atoms with E-state index in [0.717, 1.165) is 12.8 Å². The van der Waals surface area contributed by atoms with Crippen LogP contribution in [0, 0.1) is 0 Å². The molecule has 0 heterocycles. The molecule has 1 aromatic rings. The fourth-order valence-electron chi connectivity index (χ4n) is 1.80. The first-order valence-electron chi connectivity index (χ1n) is 6.00. The van der Waals surface area contributed by atoms with Gasteiger partial charge in [0.05, 0.1) is 17.8 Å². The average molecular weight is 283 g/mol. The van der Waals surface area contributed by atoms with Gasteiger partial charge < -0.3 is 15.3 Å². The molecule has 0 spiro atoms. The first-order chi connectivity index (χ1) is 8.97. The first kappa shape index (κ1) is 13.7. The minimum atomic E-state index is -1.04. The van der Waals surface area contributed by atoms with Crippen molar-refractivity contribution in [1.29, 1.82) is 0 Å². The second kappa shape index (κ2) is 5.48. The van der Waals surface area contributed by atoms with Gasteiger partial charge in [-0.3, -0.25) is 4.79 Å². The molecule has 2 rings (SSSR count). The van der Waals surface area contributed by atoms with Crippen LogP contribution >= 0.6 is 11.6 Å². The van der Waals surface area contributed by atoms with Crippen molar-refractivity contribution in [3.05, 3.63) is 28.8 Å². The summed E-state index contributed by atoms with van der Waals surface area (Å²) in [6.45, 7) is 0.108. The molecule has 102 valence electrons. The Morgan fingerprint density at radius 1 is 1.47 bits per heavy atom. The Morgan fingerprint density at radius 3 is 2.74 bits per heavy atom. The van der Waals surface area contributed by atoms with E-state index in [1.54, 1.807) is 18.0 Å². The Kier molecular flexibility index (Phi) is 3.95. The van der Waals surface area contributed by atoms with Gasteiger partial charge in [0, 0.05) is 18.1 Å². The summed E-state index contributed by atoms with van der Waals surface area (Å²) < 4.78 is 0. The number of amides is 1. The van der Waals surface area contributed by atoms with Crippen LogP contribution in [0.3, 0.4) is 0 Å². The molecular weight excluding hydrogens is 268 g/mol. The molecular formula is C13H15ClN2O3. The van der Waals surface area contributed by atoms with Gasteiger partial charge in [0.25, 0.3) is 0 Å². The molecule has 0 aliphatic heterocycles. The van der Waals surface area contributed by atoms with Gasteiger partial charge in [0.1, 0.15) is 0 Å². The highest BCUT2D eigenvalue weighted by Gasteiger charge is 2.24. The molecule has 1 aromatic carbocycles. The third-order valence-electron chi connectivity index (χ3n) is 2.92. The van der Waals surface area contributed by atoms with E-state index in [0.29, 0.717) is 16.8 Å². The van der Waals surface area contributed by atoms with Gasteiger partial charge in [-0.25, -0.2) is 4.79 Å². The second-order valence-corrected chi connectivity index (χ2v) is 5.10. The number of rotatable bonds is 5. The van der Waals surface area contributed by atoms with Gasteiger partial charge in [0.2, 0.25) is 5.91 Å². The van der Waals surface area contributed by atoms with Crippen molar-refractivity contribution >= 4 is 29.2 Å². The van der Waals surface area contributed by atoms with Crippen molar-refractivity contribution in [3.63, 3.8) is 0 Å². The van der Waals surface area contributed by atoms with E-state index in [1.807, 2.05) is 0 Å². The van der Waals surface area contributed by atoms with Crippen molar-refractivity contribution in [2.75, 3.05) is 18.5 Å². The maximum atomic E-state index is 11.7. The highest BCUT2D eigenvalue weighted by molar-refractivity contribution is 6.31. The summed E-state index contributed by atoms with van der Waals surface area (Å²) in [6, 6.07) is 4.80. The first-order valence-corrected chi connectivity index (χ1v) is 6.38. The summed E-state index contributed by atoms with van der Waals surface area (Å²) >= 11 is 5.88. The maximum absolute atomic E-state index is 11.7. The number of carboxylic acids is 1. The number of likely N-dealkylation sites (N-methyl/N-ethyl adjacent to an activating group) is 1. The quantitative estimate of drug-likeness (QED) is 0.863. The molecule has 6 heteroatoms. The molecule has 0 bridgehead atoms. The third kappa shape index (κ3) is 3.61. The second-order valence-electron chi connectivity index (χ2n) is 4.66. The molecule has 1 aliphatic rings. The zero-order valence-electron chi connectivity index (χ0n) is 10.5. The molecule has 1 amide bonds. The number of hydrogen-bond donors (Lipinski definition) is 2. The van der Waals surface area contributed by atoms with Gasteiger partial charge in [0.15, 0.2) is 0 Å².